The number of hydrogen-bond acceptors (Lipinski definition) is 5. The monoisotopic (exact) mass is 298 g/mol. The third-order valence-corrected chi connectivity index (χ3v) is 3.46. The molecule has 2 heterocycles. The summed E-state index contributed by atoms with van der Waals surface area (Å²) in [5.74, 6) is 0.528. The number of aromatic nitrogens is 2. The fourth-order valence-electron chi connectivity index (χ4n) is 2.41. The fraction of sp³-hybridized carbons (Fsp3) is 0.312. The Morgan fingerprint density at radius 3 is 2.91 bits per heavy atom. The molecule has 1 N–H and O–H groups in total. The molecule has 0 unspecified atom stereocenters. The van der Waals surface area contributed by atoms with E-state index in [1.807, 2.05) is 36.1 Å². The minimum absolute atomic E-state index is 0.0211. The molecule has 1 aliphatic heterocycles. The van der Waals surface area contributed by atoms with Gasteiger partial charge >= 0.3 is 0 Å². The van der Waals surface area contributed by atoms with Crippen LogP contribution in [0.1, 0.15) is 17.3 Å². The summed E-state index contributed by atoms with van der Waals surface area (Å²) in [6.07, 6.45) is 3.41. The van der Waals surface area contributed by atoms with Crippen molar-refractivity contribution < 1.29 is 9.53 Å². The summed E-state index contributed by atoms with van der Waals surface area (Å²) in [6, 6.07) is 9.13. The molecule has 22 heavy (non-hydrogen) atoms. The van der Waals surface area contributed by atoms with Gasteiger partial charge in [0.1, 0.15) is 0 Å². The van der Waals surface area contributed by atoms with Crippen molar-refractivity contribution in [3.8, 4) is 0 Å². The number of nitrogens with zero attached hydrogens (tertiary/aromatic N) is 3. The highest BCUT2D eigenvalue weighted by molar-refractivity contribution is 5.95. The number of anilines is 2. The Hall–Kier alpha value is -2.47. The number of benzene rings is 1. The first kappa shape index (κ1) is 14.5. The number of amides is 1. The minimum atomic E-state index is 0.0211. The standard InChI is InChI=1S/C16H18N4O2/c1-12-11-20(8-9-22-12)15(21)13-4-2-5-14(10-13)19-16-17-6-3-7-18-16/h2-7,10,12H,8-9,11H2,1H3,(H,17,18,19)/t12-/m0/s1. The molecule has 1 atom stereocenters. The molecule has 0 aliphatic carbocycles. The predicted octanol–water partition coefficient (Wildman–Crippen LogP) is 2.08. The summed E-state index contributed by atoms with van der Waals surface area (Å²) >= 11 is 0. The highest BCUT2D eigenvalue weighted by atomic mass is 16.5. The van der Waals surface area contributed by atoms with Crippen LogP contribution >= 0.6 is 0 Å². The van der Waals surface area contributed by atoms with Crippen LogP contribution in [0.5, 0.6) is 0 Å². The average molecular weight is 298 g/mol. The second-order valence-electron chi connectivity index (χ2n) is 5.21. The van der Waals surface area contributed by atoms with Crippen molar-refractivity contribution in [2.45, 2.75) is 13.0 Å². The maximum absolute atomic E-state index is 12.6. The predicted molar refractivity (Wildman–Crippen MR) is 83.1 cm³/mol. The van der Waals surface area contributed by atoms with Crippen LogP contribution in [0.2, 0.25) is 0 Å². The lowest BCUT2D eigenvalue weighted by molar-refractivity contribution is -0.0124. The molecular formula is C16H18N4O2. The lowest BCUT2D eigenvalue weighted by Crippen LogP contribution is -2.44. The van der Waals surface area contributed by atoms with Crippen LogP contribution in [0.25, 0.3) is 0 Å². The van der Waals surface area contributed by atoms with E-state index in [4.69, 9.17) is 4.74 Å². The molecule has 1 aliphatic rings. The zero-order valence-corrected chi connectivity index (χ0v) is 12.4. The highest BCUT2D eigenvalue weighted by Crippen LogP contribution is 2.17. The molecule has 3 rings (SSSR count). The minimum Gasteiger partial charge on any atom is -0.375 e. The summed E-state index contributed by atoms with van der Waals surface area (Å²) < 4.78 is 5.47. The van der Waals surface area contributed by atoms with Gasteiger partial charge in [-0.05, 0) is 31.2 Å². The van der Waals surface area contributed by atoms with Crippen molar-refractivity contribution in [2.75, 3.05) is 25.0 Å². The number of morpholine rings is 1. The van der Waals surface area contributed by atoms with E-state index in [0.717, 1.165) is 5.69 Å². The maximum atomic E-state index is 12.6. The maximum Gasteiger partial charge on any atom is 0.254 e. The molecular weight excluding hydrogens is 280 g/mol. The molecule has 0 spiro atoms. The second kappa shape index (κ2) is 6.53. The van der Waals surface area contributed by atoms with Crippen molar-refractivity contribution >= 4 is 17.5 Å². The van der Waals surface area contributed by atoms with Crippen LogP contribution in [0.3, 0.4) is 0 Å². The first-order chi connectivity index (χ1) is 10.7. The number of carbonyl (C=O) groups is 1. The molecule has 0 saturated carbocycles. The average Bonchev–Trinajstić information content (AvgIpc) is 2.55. The number of nitrogens with one attached hydrogen (secondary N) is 1. The van der Waals surface area contributed by atoms with Gasteiger partial charge in [-0.25, -0.2) is 9.97 Å². The summed E-state index contributed by atoms with van der Waals surface area (Å²) in [7, 11) is 0. The molecule has 6 heteroatoms. The van der Waals surface area contributed by atoms with Crippen LogP contribution in [-0.2, 0) is 4.74 Å². The molecule has 1 saturated heterocycles. The van der Waals surface area contributed by atoms with Gasteiger partial charge in [0, 0.05) is 36.7 Å². The van der Waals surface area contributed by atoms with Gasteiger partial charge < -0.3 is 15.0 Å². The van der Waals surface area contributed by atoms with Crippen molar-refractivity contribution in [3.63, 3.8) is 0 Å². The Labute approximate surface area is 129 Å². The van der Waals surface area contributed by atoms with E-state index >= 15 is 0 Å². The first-order valence-corrected chi connectivity index (χ1v) is 7.27. The molecule has 1 aromatic heterocycles. The Kier molecular flexibility index (Phi) is 4.29. The molecule has 2 aromatic rings. The van der Waals surface area contributed by atoms with Gasteiger partial charge in [-0.2, -0.15) is 0 Å². The number of ether oxygens (including phenoxy) is 1. The van der Waals surface area contributed by atoms with Crippen LogP contribution in [0.15, 0.2) is 42.7 Å². The summed E-state index contributed by atoms with van der Waals surface area (Å²) in [6.45, 7) is 3.81. The molecule has 1 amide bonds. The van der Waals surface area contributed by atoms with E-state index in [9.17, 15) is 4.79 Å². The van der Waals surface area contributed by atoms with E-state index in [-0.39, 0.29) is 12.0 Å². The third kappa shape index (κ3) is 3.40. The second-order valence-corrected chi connectivity index (χ2v) is 5.21. The van der Waals surface area contributed by atoms with Gasteiger partial charge in [-0.3, -0.25) is 4.79 Å². The Morgan fingerprint density at radius 1 is 1.32 bits per heavy atom. The highest BCUT2D eigenvalue weighted by Gasteiger charge is 2.22. The zero-order chi connectivity index (χ0) is 15.4. The zero-order valence-electron chi connectivity index (χ0n) is 12.4. The quantitative estimate of drug-likeness (QED) is 0.939. The smallest absolute Gasteiger partial charge is 0.254 e. The van der Waals surface area contributed by atoms with Crippen molar-refractivity contribution in [1.29, 1.82) is 0 Å². The van der Waals surface area contributed by atoms with Gasteiger partial charge in [0.15, 0.2) is 0 Å². The van der Waals surface area contributed by atoms with Crippen LogP contribution in [0, 0.1) is 0 Å². The van der Waals surface area contributed by atoms with E-state index in [0.29, 0.717) is 31.2 Å². The van der Waals surface area contributed by atoms with E-state index in [1.54, 1.807) is 18.5 Å². The molecule has 1 fully saturated rings. The Morgan fingerprint density at radius 2 is 2.14 bits per heavy atom. The molecule has 114 valence electrons. The van der Waals surface area contributed by atoms with Gasteiger partial charge in [0.05, 0.1) is 12.7 Å². The van der Waals surface area contributed by atoms with Crippen molar-refractivity contribution in [2.24, 2.45) is 0 Å². The van der Waals surface area contributed by atoms with Gasteiger partial charge in [-0.1, -0.05) is 6.07 Å². The number of carbonyl (C=O) groups excluding carboxylic acids is 1. The van der Waals surface area contributed by atoms with E-state index < -0.39 is 0 Å². The topological polar surface area (TPSA) is 67.4 Å². The van der Waals surface area contributed by atoms with Crippen molar-refractivity contribution in [1.82, 2.24) is 14.9 Å². The number of rotatable bonds is 3. The lowest BCUT2D eigenvalue weighted by atomic mass is 10.1. The lowest BCUT2D eigenvalue weighted by Gasteiger charge is -2.31. The Balaban J connectivity index is 1.74. The van der Waals surface area contributed by atoms with Gasteiger partial charge in [0.2, 0.25) is 5.95 Å². The number of hydrogen-bond donors (Lipinski definition) is 1. The summed E-state index contributed by atoms with van der Waals surface area (Å²) in [5, 5.41) is 3.09. The fourth-order valence-corrected chi connectivity index (χ4v) is 2.41. The van der Waals surface area contributed by atoms with Crippen LogP contribution in [-0.4, -0.2) is 46.6 Å². The summed E-state index contributed by atoms with van der Waals surface area (Å²) in [5.41, 5.74) is 1.44. The third-order valence-electron chi connectivity index (χ3n) is 3.46. The van der Waals surface area contributed by atoms with E-state index in [1.165, 1.54) is 0 Å². The molecule has 1 aromatic carbocycles. The Bertz CT molecular complexity index is 648. The SMILES string of the molecule is C[C@H]1CN(C(=O)c2cccc(Nc3ncccn3)c2)CCO1. The molecule has 6 nitrogen and oxygen atoms in total. The molecule has 0 bridgehead atoms. The van der Waals surface area contributed by atoms with Crippen LogP contribution < -0.4 is 5.32 Å². The molecule has 0 radical (unpaired) electrons. The summed E-state index contributed by atoms with van der Waals surface area (Å²) in [4.78, 5) is 22.6. The first-order valence-electron chi connectivity index (χ1n) is 7.27. The van der Waals surface area contributed by atoms with Gasteiger partial charge in [-0.15, -0.1) is 0 Å². The van der Waals surface area contributed by atoms with E-state index in [2.05, 4.69) is 15.3 Å². The normalized spacial score (nSPS) is 18.0. The van der Waals surface area contributed by atoms with Crippen LogP contribution in [0.4, 0.5) is 11.6 Å². The largest absolute Gasteiger partial charge is 0.375 e. The van der Waals surface area contributed by atoms with Crippen molar-refractivity contribution in [3.05, 3.63) is 48.3 Å². The van der Waals surface area contributed by atoms with Gasteiger partial charge in [0.25, 0.3) is 5.91 Å².